The molecule has 0 fully saturated rings. The molecule has 4 rings (SSSR count). The third-order valence-corrected chi connectivity index (χ3v) is 5.13. The highest BCUT2D eigenvalue weighted by atomic mass is 32.2. The van der Waals surface area contributed by atoms with Crippen LogP contribution in [-0.4, -0.2) is 29.6 Å². The highest BCUT2D eigenvalue weighted by Gasteiger charge is 2.23. The molecule has 0 radical (unpaired) electrons. The Balaban J connectivity index is 1.77. The number of nitro benzene ring substituents is 2. The first-order chi connectivity index (χ1) is 14.5. The molecular weight excluding hydrogens is 412 g/mol. The Morgan fingerprint density at radius 1 is 1.07 bits per heavy atom. The number of hydrogen-bond donors (Lipinski definition) is 0. The van der Waals surface area contributed by atoms with Crippen molar-refractivity contribution in [2.24, 2.45) is 0 Å². The molecule has 0 atom stereocenters. The highest BCUT2D eigenvalue weighted by Crippen LogP contribution is 2.37. The lowest BCUT2D eigenvalue weighted by Gasteiger charge is -2.09. The van der Waals surface area contributed by atoms with E-state index in [2.05, 4.69) is 15.2 Å². The van der Waals surface area contributed by atoms with Gasteiger partial charge in [-0.2, -0.15) is 0 Å². The fraction of sp³-hybridized carbons (Fsp3) is 0.0556. The van der Waals surface area contributed by atoms with Gasteiger partial charge in [-0.3, -0.25) is 29.8 Å². The van der Waals surface area contributed by atoms with Crippen LogP contribution in [0.4, 0.5) is 11.4 Å². The molecule has 0 N–H and O–H groups in total. The maximum absolute atomic E-state index is 11.5. The summed E-state index contributed by atoms with van der Waals surface area (Å²) in [7, 11) is 0. The van der Waals surface area contributed by atoms with Gasteiger partial charge in [0.15, 0.2) is 11.0 Å². The fourth-order valence-corrected chi connectivity index (χ4v) is 3.63. The Hall–Kier alpha value is -4.06. The van der Waals surface area contributed by atoms with Gasteiger partial charge in [-0.25, -0.2) is 0 Å². The van der Waals surface area contributed by atoms with E-state index in [1.807, 2.05) is 6.07 Å². The predicted molar refractivity (Wildman–Crippen MR) is 105 cm³/mol. The van der Waals surface area contributed by atoms with Crippen LogP contribution in [0.25, 0.3) is 11.4 Å². The molecule has 0 spiro atoms. The summed E-state index contributed by atoms with van der Waals surface area (Å²) in [6.07, 6.45) is 4.80. The average molecular weight is 424 g/mol. The first-order valence-corrected chi connectivity index (χ1v) is 9.31. The second kappa shape index (κ2) is 8.13. The highest BCUT2D eigenvalue weighted by molar-refractivity contribution is 7.99. The minimum absolute atomic E-state index is 0.205. The van der Waals surface area contributed by atoms with Gasteiger partial charge in [-0.1, -0.05) is 0 Å². The first-order valence-electron chi connectivity index (χ1n) is 8.49. The molecule has 3 heterocycles. The molecular formula is C18H12N6O5S. The van der Waals surface area contributed by atoms with Gasteiger partial charge in [0.25, 0.3) is 11.4 Å². The third kappa shape index (κ3) is 3.89. The van der Waals surface area contributed by atoms with Gasteiger partial charge in [0.05, 0.1) is 33.6 Å². The van der Waals surface area contributed by atoms with E-state index in [-0.39, 0.29) is 22.8 Å². The Morgan fingerprint density at radius 2 is 1.93 bits per heavy atom. The summed E-state index contributed by atoms with van der Waals surface area (Å²) in [5.41, 5.74) is -0.0366. The zero-order chi connectivity index (χ0) is 21.1. The Labute approximate surface area is 172 Å². The molecule has 0 aliphatic carbocycles. The van der Waals surface area contributed by atoms with E-state index < -0.39 is 9.85 Å². The summed E-state index contributed by atoms with van der Waals surface area (Å²) < 4.78 is 7.16. The van der Waals surface area contributed by atoms with Crippen LogP contribution in [0.3, 0.4) is 0 Å². The van der Waals surface area contributed by atoms with Crippen molar-refractivity contribution in [3.63, 3.8) is 0 Å². The number of benzene rings is 1. The normalized spacial score (nSPS) is 10.8. The second-order valence-corrected chi connectivity index (χ2v) is 6.99. The van der Waals surface area contributed by atoms with Crippen molar-refractivity contribution < 1.29 is 14.3 Å². The Morgan fingerprint density at radius 3 is 2.60 bits per heavy atom. The molecule has 4 aromatic rings. The molecule has 150 valence electrons. The van der Waals surface area contributed by atoms with Crippen LogP contribution in [0.5, 0.6) is 0 Å². The maximum atomic E-state index is 11.5. The van der Waals surface area contributed by atoms with Crippen molar-refractivity contribution >= 4 is 23.1 Å². The van der Waals surface area contributed by atoms with Crippen molar-refractivity contribution in [3.05, 3.63) is 87.1 Å². The third-order valence-electron chi connectivity index (χ3n) is 4.08. The molecule has 3 aromatic heterocycles. The van der Waals surface area contributed by atoms with Crippen LogP contribution in [0.1, 0.15) is 5.76 Å². The lowest BCUT2D eigenvalue weighted by Crippen LogP contribution is -2.04. The molecule has 0 saturated carbocycles. The van der Waals surface area contributed by atoms with Crippen LogP contribution >= 0.6 is 11.8 Å². The number of non-ortho nitro benzene ring substituents is 1. The van der Waals surface area contributed by atoms with Crippen molar-refractivity contribution in [1.82, 2.24) is 19.7 Å². The average Bonchev–Trinajstić information content (AvgIpc) is 3.39. The summed E-state index contributed by atoms with van der Waals surface area (Å²) in [4.78, 5) is 25.4. The van der Waals surface area contributed by atoms with Crippen molar-refractivity contribution in [3.8, 4) is 11.4 Å². The minimum Gasteiger partial charge on any atom is -0.467 e. The molecule has 30 heavy (non-hydrogen) atoms. The van der Waals surface area contributed by atoms with E-state index in [0.717, 1.165) is 17.8 Å². The number of furan rings is 1. The summed E-state index contributed by atoms with van der Waals surface area (Å²) >= 11 is 0.990. The molecule has 0 amide bonds. The standard InChI is InChI=1S/C18H12N6O5S/c25-23(26)13-5-6-16(15(9-13)24(27)28)30-18-21-20-17(12-3-1-7-19-10-12)22(18)11-14-4-2-8-29-14/h1-10H,11H2. The predicted octanol–water partition coefficient (Wildman–Crippen LogP) is 3.95. The number of nitro groups is 2. The van der Waals surface area contributed by atoms with Gasteiger partial charge in [-0.05, 0) is 42.1 Å². The summed E-state index contributed by atoms with van der Waals surface area (Å²) in [5.74, 6) is 1.14. The maximum Gasteiger partial charge on any atom is 0.290 e. The van der Waals surface area contributed by atoms with Crippen molar-refractivity contribution in [2.75, 3.05) is 0 Å². The SMILES string of the molecule is O=[N+]([O-])c1ccc(Sc2nnc(-c3cccnc3)n2Cc2ccco2)c([N+](=O)[O-])c1. The van der Waals surface area contributed by atoms with E-state index in [9.17, 15) is 20.2 Å². The molecule has 0 unspecified atom stereocenters. The Kier molecular flexibility index (Phi) is 5.22. The number of hydrogen-bond acceptors (Lipinski definition) is 9. The number of nitrogens with zero attached hydrogens (tertiary/aromatic N) is 6. The van der Waals surface area contributed by atoms with E-state index in [0.29, 0.717) is 22.3 Å². The quantitative estimate of drug-likeness (QED) is 0.318. The van der Waals surface area contributed by atoms with E-state index in [4.69, 9.17) is 4.42 Å². The van der Waals surface area contributed by atoms with Gasteiger partial charge in [0, 0.05) is 24.0 Å². The monoisotopic (exact) mass is 424 g/mol. The molecule has 1 aromatic carbocycles. The van der Waals surface area contributed by atoms with Gasteiger partial charge >= 0.3 is 0 Å². The van der Waals surface area contributed by atoms with Crippen LogP contribution in [0, 0.1) is 20.2 Å². The van der Waals surface area contributed by atoms with Gasteiger partial charge in [0.2, 0.25) is 0 Å². The number of pyridine rings is 1. The smallest absolute Gasteiger partial charge is 0.290 e. The minimum atomic E-state index is -0.679. The largest absolute Gasteiger partial charge is 0.467 e. The lowest BCUT2D eigenvalue weighted by molar-refractivity contribution is -0.396. The molecule has 12 heteroatoms. The van der Waals surface area contributed by atoms with Crippen molar-refractivity contribution in [2.45, 2.75) is 16.6 Å². The molecule has 0 bridgehead atoms. The van der Waals surface area contributed by atoms with Gasteiger partial charge in [0.1, 0.15) is 5.76 Å². The van der Waals surface area contributed by atoms with Gasteiger partial charge in [-0.15, -0.1) is 10.2 Å². The molecule has 0 aliphatic rings. The van der Waals surface area contributed by atoms with Gasteiger partial charge < -0.3 is 4.42 Å². The summed E-state index contributed by atoms with van der Waals surface area (Å²) in [5, 5.41) is 31.2. The van der Waals surface area contributed by atoms with Crippen LogP contribution in [0.2, 0.25) is 0 Å². The number of rotatable bonds is 7. The van der Waals surface area contributed by atoms with E-state index >= 15 is 0 Å². The van der Waals surface area contributed by atoms with E-state index in [1.54, 1.807) is 35.2 Å². The molecule has 11 nitrogen and oxygen atoms in total. The zero-order valence-corrected chi connectivity index (χ0v) is 15.9. The number of aromatic nitrogens is 4. The fourth-order valence-electron chi connectivity index (χ4n) is 2.72. The topological polar surface area (TPSA) is 143 Å². The molecule has 0 saturated heterocycles. The van der Waals surface area contributed by atoms with E-state index in [1.165, 1.54) is 18.4 Å². The zero-order valence-electron chi connectivity index (χ0n) is 15.1. The summed E-state index contributed by atoms with van der Waals surface area (Å²) in [6.45, 7) is 0.285. The summed E-state index contributed by atoms with van der Waals surface area (Å²) in [6, 6.07) is 10.6. The van der Waals surface area contributed by atoms with Crippen molar-refractivity contribution in [1.29, 1.82) is 0 Å². The second-order valence-electron chi connectivity index (χ2n) is 5.98. The lowest BCUT2D eigenvalue weighted by atomic mass is 10.2. The Bertz CT molecular complexity index is 1210. The van der Waals surface area contributed by atoms with Crippen LogP contribution < -0.4 is 0 Å². The first kappa shape index (κ1) is 19.3. The van der Waals surface area contributed by atoms with Crippen LogP contribution in [-0.2, 0) is 6.54 Å². The van der Waals surface area contributed by atoms with Crippen LogP contribution in [0.15, 0.2) is 75.6 Å². The molecule has 0 aliphatic heterocycles.